The minimum absolute atomic E-state index is 0.211. The van der Waals surface area contributed by atoms with Crippen molar-refractivity contribution in [2.75, 3.05) is 13.7 Å². The Morgan fingerprint density at radius 2 is 1.42 bits per heavy atom. The van der Waals surface area contributed by atoms with Crippen LogP contribution in [0.1, 0.15) is 24.2 Å². The fraction of sp³-hybridized carbons (Fsp3) is 0.217. The van der Waals surface area contributed by atoms with Gasteiger partial charge in [0, 0.05) is 5.56 Å². The van der Waals surface area contributed by atoms with Crippen LogP contribution < -0.4 is 4.74 Å². The number of aliphatic hydroxyl groups excluding tert-OH is 1. The molecule has 3 rings (SSSR count). The average molecular weight is 348 g/mol. The average Bonchev–Trinajstić information content (AvgIpc) is 2.69. The molecule has 3 aromatic carbocycles. The number of rotatable bonds is 7. The lowest BCUT2D eigenvalue weighted by Gasteiger charge is -2.20. The van der Waals surface area contributed by atoms with Gasteiger partial charge in [-0.05, 0) is 29.7 Å². The van der Waals surface area contributed by atoms with E-state index in [-0.39, 0.29) is 12.7 Å². The van der Waals surface area contributed by atoms with E-state index < -0.39 is 6.10 Å². The Balaban J connectivity index is 1.90. The Hall–Kier alpha value is -2.62. The van der Waals surface area contributed by atoms with E-state index in [1.165, 1.54) is 0 Å². The zero-order valence-corrected chi connectivity index (χ0v) is 15.1. The molecule has 3 nitrogen and oxygen atoms in total. The Bertz CT molecular complexity index is 810. The summed E-state index contributed by atoms with van der Waals surface area (Å²) in [4.78, 5) is 0. The van der Waals surface area contributed by atoms with Gasteiger partial charge in [-0.25, -0.2) is 0 Å². The summed E-state index contributed by atoms with van der Waals surface area (Å²) in [5.74, 6) is 0.852. The highest BCUT2D eigenvalue weighted by Crippen LogP contribution is 2.32. The molecule has 0 bridgehead atoms. The van der Waals surface area contributed by atoms with Crippen molar-refractivity contribution in [2.45, 2.75) is 19.1 Å². The zero-order valence-electron chi connectivity index (χ0n) is 15.1. The summed E-state index contributed by atoms with van der Waals surface area (Å²) in [6.07, 6.45) is -0.716. The van der Waals surface area contributed by atoms with Crippen LogP contribution in [-0.2, 0) is 4.74 Å². The van der Waals surface area contributed by atoms with Gasteiger partial charge in [0.05, 0.1) is 19.8 Å². The second kappa shape index (κ2) is 8.65. The van der Waals surface area contributed by atoms with Crippen LogP contribution in [-0.4, -0.2) is 24.9 Å². The maximum absolute atomic E-state index is 9.61. The van der Waals surface area contributed by atoms with Gasteiger partial charge in [0.1, 0.15) is 11.9 Å². The lowest BCUT2D eigenvalue weighted by atomic mass is 9.97. The van der Waals surface area contributed by atoms with Gasteiger partial charge in [-0.2, -0.15) is 0 Å². The van der Waals surface area contributed by atoms with Crippen molar-refractivity contribution in [2.24, 2.45) is 0 Å². The van der Waals surface area contributed by atoms with Gasteiger partial charge in [0.15, 0.2) is 0 Å². The number of ether oxygens (including phenoxy) is 2. The second-order valence-corrected chi connectivity index (χ2v) is 6.30. The molecule has 0 aliphatic heterocycles. The monoisotopic (exact) mass is 348 g/mol. The summed E-state index contributed by atoms with van der Waals surface area (Å²) in [5.41, 5.74) is 4.27. The van der Waals surface area contributed by atoms with Crippen LogP contribution in [0.5, 0.6) is 5.75 Å². The van der Waals surface area contributed by atoms with Crippen LogP contribution in [0, 0.1) is 0 Å². The molecular weight excluding hydrogens is 324 g/mol. The van der Waals surface area contributed by atoms with Gasteiger partial charge >= 0.3 is 0 Å². The summed E-state index contributed by atoms with van der Waals surface area (Å²) in [5, 5.41) is 9.61. The van der Waals surface area contributed by atoms with Crippen molar-refractivity contribution in [1.82, 2.24) is 0 Å². The van der Waals surface area contributed by atoms with Crippen molar-refractivity contribution in [3.8, 4) is 16.9 Å². The molecule has 3 aromatic rings. The largest absolute Gasteiger partial charge is 0.496 e. The number of methoxy groups -OCH3 is 1. The molecule has 0 aliphatic rings. The van der Waals surface area contributed by atoms with Crippen molar-refractivity contribution < 1.29 is 14.6 Å². The smallest absolute Gasteiger partial charge is 0.126 e. The predicted octanol–water partition coefficient (Wildman–Crippen LogP) is 4.85. The van der Waals surface area contributed by atoms with Gasteiger partial charge in [-0.3, -0.25) is 0 Å². The van der Waals surface area contributed by atoms with E-state index in [1.54, 1.807) is 14.0 Å². The van der Waals surface area contributed by atoms with Crippen molar-refractivity contribution in [3.05, 3.63) is 90.0 Å². The number of hydrogen-bond donors (Lipinski definition) is 1. The molecule has 2 atom stereocenters. The molecule has 0 aromatic heterocycles. The number of hydrogen-bond acceptors (Lipinski definition) is 3. The first kappa shape index (κ1) is 18.2. The van der Waals surface area contributed by atoms with Gasteiger partial charge in [-0.1, -0.05) is 72.8 Å². The van der Waals surface area contributed by atoms with Crippen LogP contribution in [0.15, 0.2) is 78.9 Å². The van der Waals surface area contributed by atoms with E-state index in [4.69, 9.17) is 9.47 Å². The Kier molecular flexibility index (Phi) is 6.05. The minimum Gasteiger partial charge on any atom is -0.496 e. The Morgan fingerprint density at radius 1 is 0.808 bits per heavy atom. The summed E-state index contributed by atoms with van der Waals surface area (Å²) >= 11 is 0. The van der Waals surface area contributed by atoms with Crippen LogP contribution in [0.3, 0.4) is 0 Å². The van der Waals surface area contributed by atoms with Gasteiger partial charge in [-0.15, -0.1) is 0 Å². The molecule has 0 aliphatic carbocycles. The van der Waals surface area contributed by atoms with E-state index in [9.17, 15) is 5.11 Å². The van der Waals surface area contributed by atoms with Gasteiger partial charge in [0.25, 0.3) is 0 Å². The molecule has 3 heteroatoms. The van der Waals surface area contributed by atoms with E-state index in [2.05, 4.69) is 24.3 Å². The quantitative estimate of drug-likeness (QED) is 0.663. The molecule has 0 saturated carbocycles. The summed E-state index contributed by atoms with van der Waals surface area (Å²) in [6, 6.07) is 26.3. The van der Waals surface area contributed by atoms with E-state index >= 15 is 0 Å². The first-order valence-corrected chi connectivity index (χ1v) is 8.77. The molecule has 134 valence electrons. The maximum atomic E-state index is 9.61. The third-order valence-electron chi connectivity index (χ3n) is 4.24. The number of para-hydroxylation sites is 1. The van der Waals surface area contributed by atoms with Crippen LogP contribution in [0.4, 0.5) is 0 Å². The molecular formula is C23H24O3. The molecule has 0 heterocycles. The second-order valence-electron chi connectivity index (χ2n) is 6.30. The highest BCUT2D eigenvalue weighted by Gasteiger charge is 2.16. The fourth-order valence-electron chi connectivity index (χ4n) is 2.97. The highest BCUT2D eigenvalue weighted by molar-refractivity contribution is 5.70. The molecule has 1 N–H and O–H groups in total. The fourth-order valence-corrected chi connectivity index (χ4v) is 2.97. The molecule has 0 saturated heterocycles. The number of aliphatic hydroxyl groups is 1. The lowest BCUT2D eigenvalue weighted by molar-refractivity contribution is 0.0137. The van der Waals surface area contributed by atoms with Crippen molar-refractivity contribution in [1.29, 1.82) is 0 Å². The first-order valence-electron chi connectivity index (χ1n) is 8.77. The molecule has 0 radical (unpaired) electrons. The molecule has 26 heavy (non-hydrogen) atoms. The highest BCUT2D eigenvalue weighted by atomic mass is 16.5. The van der Waals surface area contributed by atoms with Crippen LogP contribution in [0.25, 0.3) is 11.1 Å². The summed E-state index contributed by atoms with van der Waals surface area (Å²) < 4.78 is 11.5. The third kappa shape index (κ3) is 4.31. The van der Waals surface area contributed by atoms with E-state index in [1.807, 2.05) is 54.6 Å². The lowest BCUT2D eigenvalue weighted by Crippen LogP contribution is -2.15. The SMILES string of the molecule is COc1ccccc1-c1ccc([C@H](OCC(C)O)c2ccccc2)cc1. The zero-order chi connectivity index (χ0) is 18.4. The minimum atomic E-state index is -0.505. The Labute approximate surface area is 154 Å². The van der Waals surface area contributed by atoms with Crippen LogP contribution >= 0.6 is 0 Å². The standard InChI is InChI=1S/C23H24O3/c1-17(24)16-26-23(19-8-4-3-5-9-19)20-14-12-18(13-15-20)21-10-6-7-11-22(21)25-2/h3-15,17,23-24H,16H2,1-2H3/t17?,23-/m1/s1. The molecule has 0 fully saturated rings. The van der Waals surface area contributed by atoms with Crippen molar-refractivity contribution in [3.63, 3.8) is 0 Å². The first-order chi connectivity index (χ1) is 12.7. The predicted molar refractivity (Wildman–Crippen MR) is 104 cm³/mol. The maximum Gasteiger partial charge on any atom is 0.126 e. The normalized spacial score (nSPS) is 13.2. The number of benzene rings is 3. The summed E-state index contributed by atoms with van der Waals surface area (Å²) in [7, 11) is 1.68. The third-order valence-corrected chi connectivity index (χ3v) is 4.24. The van der Waals surface area contributed by atoms with Crippen molar-refractivity contribution >= 4 is 0 Å². The molecule has 1 unspecified atom stereocenters. The topological polar surface area (TPSA) is 38.7 Å². The molecule has 0 spiro atoms. The van der Waals surface area contributed by atoms with Gasteiger partial charge in [0.2, 0.25) is 0 Å². The van der Waals surface area contributed by atoms with E-state index in [0.29, 0.717) is 0 Å². The van der Waals surface area contributed by atoms with E-state index in [0.717, 1.165) is 28.0 Å². The molecule has 0 amide bonds. The summed E-state index contributed by atoms with van der Waals surface area (Å²) in [6.45, 7) is 2.01. The Morgan fingerprint density at radius 3 is 2.08 bits per heavy atom. The van der Waals surface area contributed by atoms with Gasteiger partial charge < -0.3 is 14.6 Å². The van der Waals surface area contributed by atoms with Crippen LogP contribution in [0.2, 0.25) is 0 Å².